The third-order valence-electron chi connectivity index (χ3n) is 2.60. The Bertz CT molecular complexity index is 375. The van der Waals surface area contributed by atoms with Gasteiger partial charge in [0.15, 0.2) is 5.82 Å². The van der Waals surface area contributed by atoms with Gasteiger partial charge in [-0.25, -0.2) is 0 Å². The van der Waals surface area contributed by atoms with E-state index in [2.05, 4.69) is 20.8 Å². The van der Waals surface area contributed by atoms with Gasteiger partial charge in [-0.2, -0.15) is 5.10 Å². The number of carbonyl (C=O) groups excluding carboxylic acids is 1. The van der Waals surface area contributed by atoms with Crippen molar-refractivity contribution in [1.29, 1.82) is 0 Å². The average molecular weight is 224 g/mol. The number of carbonyl (C=O) groups is 1. The zero-order chi connectivity index (χ0) is 11.4. The van der Waals surface area contributed by atoms with Crippen molar-refractivity contribution >= 4 is 11.7 Å². The van der Waals surface area contributed by atoms with E-state index >= 15 is 0 Å². The summed E-state index contributed by atoms with van der Waals surface area (Å²) in [6, 6.07) is 0. The van der Waals surface area contributed by atoms with Crippen molar-refractivity contribution in [2.24, 2.45) is 0 Å². The Morgan fingerprint density at radius 3 is 3.31 bits per heavy atom. The molecule has 88 valence electrons. The fourth-order valence-electron chi connectivity index (χ4n) is 1.74. The maximum atomic E-state index is 11.5. The van der Waals surface area contributed by atoms with E-state index in [0.29, 0.717) is 18.8 Å². The van der Waals surface area contributed by atoms with Crippen molar-refractivity contribution in [2.45, 2.75) is 19.4 Å². The normalized spacial score (nSPS) is 14.6. The van der Waals surface area contributed by atoms with Gasteiger partial charge >= 0.3 is 0 Å². The third-order valence-corrected chi connectivity index (χ3v) is 2.60. The molecule has 0 spiro atoms. The predicted octanol–water partition coefficient (Wildman–Crippen LogP) is 0.0304. The topological polar surface area (TPSA) is 79.0 Å². The first-order valence-electron chi connectivity index (χ1n) is 5.37. The van der Waals surface area contributed by atoms with E-state index in [4.69, 9.17) is 4.74 Å². The highest BCUT2D eigenvalue weighted by Crippen LogP contribution is 2.19. The maximum Gasteiger partial charge on any atom is 0.227 e. The van der Waals surface area contributed by atoms with Gasteiger partial charge in [0.1, 0.15) is 0 Å². The average Bonchev–Trinajstić information content (AvgIpc) is 2.70. The molecule has 1 aromatic heterocycles. The van der Waals surface area contributed by atoms with Crippen LogP contribution in [0.3, 0.4) is 0 Å². The Morgan fingerprint density at radius 2 is 2.50 bits per heavy atom. The number of hydrogen-bond acceptors (Lipinski definition) is 4. The second kappa shape index (κ2) is 5.09. The minimum atomic E-state index is -0.0605. The van der Waals surface area contributed by atoms with Gasteiger partial charge in [0.05, 0.1) is 18.7 Å². The van der Waals surface area contributed by atoms with Crippen LogP contribution in [0, 0.1) is 0 Å². The van der Waals surface area contributed by atoms with Gasteiger partial charge in [-0.15, -0.1) is 0 Å². The van der Waals surface area contributed by atoms with Crippen molar-refractivity contribution in [1.82, 2.24) is 15.5 Å². The van der Waals surface area contributed by atoms with Crippen LogP contribution in [0.2, 0.25) is 0 Å². The molecule has 0 aliphatic carbocycles. The number of H-pyrrole nitrogens is 1. The Labute approximate surface area is 93.8 Å². The van der Waals surface area contributed by atoms with Crippen molar-refractivity contribution in [3.8, 4) is 0 Å². The summed E-state index contributed by atoms with van der Waals surface area (Å²) in [6.45, 7) is 2.14. The van der Waals surface area contributed by atoms with Crippen LogP contribution in [-0.4, -0.2) is 36.4 Å². The lowest BCUT2D eigenvalue weighted by molar-refractivity contribution is -0.117. The highest BCUT2D eigenvalue weighted by Gasteiger charge is 2.17. The molecule has 3 N–H and O–H groups in total. The zero-order valence-electron chi connectivity index (χ0n) is 9.30. The molecule has 0 atom stereocenters. The number of rotatable bonds is 4. The lowest BCUT2D eigenvalue weighted by atomic mass is 10.1. The summed E-state index contributed by atoms with van der Waals surface area (Å²) in [4.78, 5) is 11.5. The highest BCUT2D eigenvalue weighted by atomic mass is 16.5. The maximum absolute atomic E-state index is 11.5. The van der Waals surface area contributed by atoms with Crippen LogP contribution in [-0.2, 0) is 22.5 Å². The Balaban J connectivity index is 1.99. The van der Waals surface area contributed by atoms with Crippen LogP contribution in [0.15, 0.2) is 0 Å². The predicted molar refractivity (Wildman–Crippen MR) is 59.1 cm³/mol. The summed E-state index contributed by atoms with van der Waals surface area (Å²) in [7, 11) is 1.58. The second-order valence-electron chi connectivity index (χ2n) is 3.75. The van der Waals surface area contributed by atoms with Gasteiger partial charge in [-0.1, -0.05) is 0 Å². The van der Waals surface area contributed by atoms with E-state index in [9.17, 15) is 4.79 Å². The molecule has 1 aromatic rings. The minimum Gasteiger partial charge on any atom is -0.384 e. The Hall–Kier alpha value is -1.40. The summed E-state index contributed by atoms with van der Waals surface area (Å²) in [5, 5.41) is 13.1. The van der Waals surface area contributed by atoms with Crippen molar-refractivity contribution in [3.05, 3.63) is 11.3 Å². The van der Waals surface area contributed by atoms with Crippen LogP contribution in [0.1, 0.15) is 17.7 Å². The van der Waals surface area contributed by atoms with Crippen molar-refractivity contribution < 1.29 is 9.53 Å². The number of anilines is 1. The molecule has 0 aromatic carbocycles. The molecule has 1 aliphatic heterocycles. The molecule has 0 saturated carbocycles. The molecule has 0 unspecified atom stereocenters. The molecule has 0 radical (unpaired) electrons. The van der Waals surface area contributed by atoms with E-state index in [1.807, 2.05) is 0 Å². The van der Waals surface area contributed by atoms with E-state index in [0.717, 1.165) is 30.8 Å². The monoisotopic (exact) mass is 224 g/mol. The lowest BCUT2D eigenvalue weighted by Gasteiger charge is -2.12. The smallest absolute Gasteiger partial charge is 0.227 e. The standard InChI is InChI=1S/C10H16N4O2/c1-16-5-3-9(15)12-10-7-2-4-11-6-8(7)13-14-10/h11H,2-6H2,1H3,(H2,12,13,14,15). The third kappa shape index (κ3) is 2.40. The van der Waals surface area contributed by atoms with Crippen molar-refractivity contribution in [2.75, 3.05) is 25.6 Å². The Kier molecular flexibility index (Phi) is 3.53. The summed E-state index contributed by atoms with van der Waals surface area (Å²) in [5.74, 6) is 0.604. The molecule has 0 fully saturated rings. The molecule has 6 heteroatoms. The summed E-state index contributed by atoms with van der Waals surface area (Å²) in [5.41, 5.74) is 2.18. The van der Waals surface area contributed by atoms with Crippen molar-refractivity contribution in [3.63, 3.8) is 0 Å². The van der Waals surface area contributed by atoms with Gasteiger partial charge in [0, 0.05) is 19.2 Å². The van der Waals surface area contributed by atoms with Crippen LogP contribution < -0.4 is 10.6 Å². The molecule has 1 amide bonds. The van der Waals surface area contributed by atoms with Gasteiger partial charge in [0.25, 0.3) is 0 Å². The molecule has 2 heterocycles. The van der Waals surface area contributed by atoms with Crippen LogP contribution in [0.4, 0.5) is 5.82 Å². The number of aromatic amines is 1. The largest absolute Gasteiger partial charge is 0.384 e. The molecule has 1 aliphatic rings. The summed E-state index contributed by atoms with van der Waals surface area (Å²) in [6.07, 6.45) is 1.25. The quantitative estimate of drug-likeness (QED) is 0.674. The first kappa shape index (κ1) is 11.1. The van der Waals surface area contributed by atoms with E-state index in [-0.39, 0.29) is 5.91 Å². The number of fused-ring (bicyclic) bond motifs is 1. The summed E-state index contributed by atoms with van der Waals surface area (Å²) >= 11 is 0. The number of methoxy groups -OCH3 is 1. The number of aromatic nitrogens is 2. The zero-order valence-corrected chi connectivity index (χ0v) is 9.30. The molecule has 6 nitrogen and oxygen atoms in total. The van der Waals surface area contributed by atoms with Crippen LogP contribution in [0.25, 0.3) is 0 Å². The highest BCUT2D eigenvalue weighted by molar-refractivity contribution is 5.90. The van der Waals surface area contributed by atoms with Gasteiger partial charge < -0.3 is 15.4 Å². The first-order chi connectivity index (χ1) is 7.81. The number of nitrogens with zero attached hydrogens (tertiary/aromatic N) is 1. The van der Waals surface area contributed by atoms with Gasteiger partial charge in [-0.3, -0.25) is 9.89 Å². The Morgan fingerprint density at radius 1 is 1.62 bits per heavy atom. The van der Waals surface area contributed by atoms with Gasteiger partial charge in [0.2, 0.25) is 5.91 Å². The first-order valence-corrected chi connectivity index (χ1v) is 5.37. The van der Waals surface area contributed by atoms with Gasteiger partial charge in [-0.05, 0) is 13.0 Å². The van der Waals surface area contributed by atoms with E-state index < -0.39 is 0 Å². The second-order valence-corrected chi connectivity index (χ2v) is 3.75. The molecule has 0 saturated heterocycles. The minimum absolute atomic E-state index is 0.0605. The van der Waals surface area contributed by atoms with Crippen LogP contribution in [0.5, 0.6) is 0 Å². The lowest BCUT2D eigenvalue weighted by Crippen LogP contribution is -2.24. The fourth-order valence-corrected chi connectivity index (χ4v) is 1.74. The number of hydrogen-bond donors (Lipinski definition) is 3. The number of ether oxygens (including phenoxy) is 1. The SMILES string of the molecule is COCCC(=O)Nc1n[nH]c2c1CCNC2. The number of amides is 1. The number of nitrogens with one attached hydrogen (secondary N) is 3. The van der Waals surface area contributed by atoms with E-state index in [1.165, 1.54) is 0 Å². The molecule has 16 heavy (non-hydrogen) atoms. The van der Waals surface area contributed by atoms with E-state index in [1.54, 1.807) is 7.11 Å². The molecular formula is C10H16N4O2. The summed E-state index contributed by atoms with van der Waals surface area (Å²) < 4.78 is 4.85. The fraction of sp³-hybridized carbons (Fsp3) is 0.600. The van der Waals surface area contributed by atoms with Crippen LogP contribution >= 0.6 is 0 Å². The molecule has 2 rings (SSSR count). The molecule has 0 bridgehead atoms. The molecular weight excluding hydrogens is 208 g/mol.